The van der Waals surface area contributed by atoms with Gasteiger partial charge in [0.15, 0.2) is 0 Å². The third-order valence-electron chi connectivity index (χ3n) is 3.33. The molecule has 0 bridgehead atoms. The molecule has 1 aliphatic heterocycles. The standard InChI is InChI=1S/C13H17N3O4/c1-13(2,3)11-10(16(19)20)6-8-7-15(12(17)18)5-4-9(8)14-11/h6H,4-5,7H2,1-3H3,(H,17,18). The summed E-state index contributed by atoms with van der Waals surface area (Å²) in [5.74, 6) is 0. The van der Waals surface area contributed by atoms with Gasteiger partial charge in [-0.3, -0.25) is 10.1 Å². The van der Waals surface area contributed by atoms with Gasteiger partial charge >= 0.3 is 6.09 Å². The van der Waals surface area contributed by atoms with Crippen molar-refractivity contribution in [2.24, 2.45) is 0 Å². The first kappa shape index (κ1) is 14.2. The van der Waals surface area contributed by atoms with Gasteiger partial charge in [-0.25, -0.2) is 9.78 Å². The summed E-state index contributed by atoms with van der Waals surface area (Å²) in [5.41, 5.74) is 1.37. The number of hydrogen-bond acceptors (Lipinski definition) is 4. The molecule has 1 aromatic heterocycles. The molecular formula is C13H17N3O4. The maximum atomic E-state index is 11.2. The molecule has 20 heavy (non-hydrogen) atoms. The Hall–Kier alpha value is -2.18. The van der Waals surface area contributed by atoms with Gasteiger partial charge in [0.05, 0.1) is 11.5 Å². The van der Waals surface area contributed by atoms with Crippen LogP contribution in [-0.4, -0.2) is 32.6 Å². The van der Waals surface area contributed by atoms with Gasteiger partial charge in [-0.05, 0) is 0 Å². The van der Waals surface area contributed by atoms with Crippen LogP contribution in [0.25, 0.3) is 0 Å². The van der Waals surface area contributed by atoms with Crippen LogP contribution in [-0.2, 0) is 18.4 Å². The lowest BCUT2D eigenvalue weighted by molar-refractivity contribution is -0.386. The van der Waals surface area contributed by atoms with E-state index < -0.39 is 16.4 Å². The molecule has 1 aromatic rings. The summed E-state index contributed by atoms with van der Waals surface area (Å²) in [4.78, 5) is 27.4. The topological polar surface area (TPSA) is 96.6 Å². The summed E-state index contributed by atoms with van der Waals surface area (Å²) in [7, 11) is 0. The second kappa shape index (κ2) is 4.73. The SMILES string of the molecule is CC(C)(C)c1nc2c(cc1[N+](=O)[O-])CN(C(=O)O)CC2. The fourth-order valence-electron chi connectivity index (χ4n) is 2.31. The third kappa shape index (κ3) is 2.56. The van der Waals surface area contributed by atoms with E-state index in [1.807, 2.05) is 20.8 Å². The van der Waals surface area contributed by atoms with Crippen LogP contribution in [0.2, 0.25) is 0 Å². The molecule has 0 radical (unpaired) electrons. The minimum Gasteiger partial charge on any atom is -0.465 e. The van der Waals surface area contributed by atoms with E-state index in [1.165, 1.54) is 11.0 Å². The Morgan fingerprint density at radius 2 is 2.15 bits per heavy atom. The summed E-state index contributed by atoms with van der Waals surface area (Å²) in [6.07, 6.45) is -0.527. The zero-order valence-corrected chi connectivity index (χ0v) is 11.7. The minimum atomic E-state index is -1.02. The molecule has 0 saturated carbocycles. The Morgan fingerprint density at radius 1 is 1.50 bits per heavy atom. The number of amides is 1. The lowest BCUT2D eigenvalue weighted by atomic mass is 9.89. The molecule has 0 spiro atoms. The van der Waals surface area contributed by atoms with Crippen molar-refractivity contribution in [1.82, 2.24) is 9.88 Å². The molecular weight excluding hydrogens is 262 g/mol. The van der Waals surface area contributed by atoms with E-state index >= 15 is 0 Å². The van der Waals surface area contributed by atoms with Crippen LogP contribution in [0.4, 0.5) is 10.5 Å². The molecule has 1 aliphatic rings. The number of carboxylic acid groups (broad SMARTS) is 1. The lowest BCUT2D eigenvalue weighted by Gasteiger charge is -2.27. The molecule has 0 fully saturated rings. The highest BCUT2D eigenvalue weighted by Crippen LogP contribution is 2.32. The Bertz CT molecular complexity index is 578. The van der Waals surface area contributed by atoms with Crippen LogP contribution in [0.15, 0.2) is 6.07 Å². The first-order valence-electron chi connectivity index (χ1n) is 6.35. The van der Waals surface area contributed by atoms with E-state index in [9.17, 15) is 14.9 Å². The van der Waals surface area contributed by atoms with Gasteiger partial charge in [0, 0.05) is 35.7 Å². The number of rotatable bonds is 1. The second-order valence-corrected chi connectivity index (χ2v) is 5.92. The smallest absolute Gasteiger partial charge is 0.407 e. The molecule has 2 heterocycles. The number of fused-ring (bicyclic) bond motifs is 1. The first-order chi connectivity index (χ1) is 9.20. The van der Waals surface area contributed by atoms with E-state index in [1.54, 1.807) is 0 Å². The number of nitrogens with zero attached hydrogens (tertiary/aromatic N) is 3. The Kier molecular flexibility index (Phi) is 3.37. The van der Waals surface area contributed by atoms with Crippen molar-refractivity contribution in [3.8, 4) is 0 Å². The van der Waals surface area contributed by atoms with E-state index in [4.69, 9.17) is 5.11 Å². The summed E-state index contributed by atoms with van der Waals surface area (Å²) >= 11 is 0. The first-order valence-corrected chi connectivity index (χ1v) is 6.35. The quantitative estimate of drug-likeness (QED) is 0.628. The van der Waals surface area contributed by atoms with E-state index in [-0.39, 0.29) is 12.2 Å². The van der Waals surface area contributed by atoms with Gasteiger partial charge in [-0.15, -0.1) is 0 Å². The van der Waals surface area contributed by atoms with E-state index in [2.05, 4.69) is 4.98 Å². The normalized spacial score (nSPS) is 14.8. The lowest BCUT2D eigenvalue weighted by Crippen LogP contribution is -2.35. The molecule has 0 unspecified atom stereocenters. The Morgan fingerprint density at radius 3 is 2.65 bits per heavy atom. The van der Waals surface area contributed by atoms with Crippen LogP contribution >= 0.6 is 0 Å². The largest absolute Gasteiger partial charge is 0.465 e. The third-order valence-corrected chi connectivity index (χ3v) is 3.33. The van der Waals surface area contributed by atoms with Gasteiger partial charge in [-0.2, -0.15) is 0 Å². The number of hydrogen-bond donors (Lipinski definition) is 1. The highest BCUT2D eigenvalue weighted by molar-refractivity contribution is 5.65. The monoisotopic (exact) mass is 279 g/mol. The molecule has 7 nitrogen and oxygen atoms in total. The van der Waals surface area contributed by atoms with Crippen LogP contribution in [0.1, 0.15) is 37.7 Å². The summed E-state index contributed by atoms with van der Waals surface area (Å²) < 4.78 is 0. The van der Waals surface area contributed by atoms with Crippen LogP contribution in [0, 0.1) is 10.1 Å². The summed E-state index contributed by atoms with van der Waals surface area (Å²) in [5, 5.41) is 20.2. The van der Waals surface area contributed by atoms with Crippen molar-refractivity contribution in [2.45, 2.75) is 39.2 Å². The van der Waals surface area contributed by atoms with Crippen LogP contribution in [0.3, 0.4) is 0 Å². The number of carbonyl (C=O) groups is 1. The number of nitro groups is 1. The molecule has 1 amide bonds. The average molecular weight is 279 g/mol. The molecule has 108 valence electrons. The maximum absolute atomic E-state index is 11.2. The van der Waals surface area contributed by atoms with Gasteiger partial charge < -0.3 is 10.0 Å². The molecule has 0 atom stereocenters. The van der Waals surface area contributed by atoms with Crippen molar-refractivity contribution < 1.29 is 14.8 Å². The van der Waals surface area contributed by atoms with Gasteiger partial charge in [-0.1, -0.05) is 20.8 Å². The molecule has 0 saturated heterocycles. The fourth-order valence-corrected chi connectivity index (χ4v) is 2.31. The second-order valence-electron chi connectivity index (χ2n) is 5.92. The summed E-state index contributed by atoms with van der Waals surface area (Å²) in [6.45, 7) is 6.16. The van der Waals surface area contributed by atoms with Crippen molar-refractivity contribution in [2.75, 3.05) is 6.54 Å². The highest BCUT2D eigenvalue weighted by atomic mass is 16.6. The predicted octanol–water partition coefficient (Wildman–Crippen LogP) is 2.32. The van der Waals surface area contributed by atoms with Crippen LogP contribution in [0.5, 0.6) is 0 Å². The van der Waals surface area contributed by atoms with E-state index in [0.29, 0.717) is 24.2 Å². The number of pyridine rings is 1. The summed E-state index contributed by atoms with van der Waals surface area (Å²) in [6, 6.07) is 1.47. The number of aromatic nitrogens is 1. The van der Waals surface area contributed by atoms with Gasteiger partial charge in [0.1, 0.15) is 5.69 Å². The zero-order chi connectivity index (χ0) is 15.1. The molecule has 2 rings (SSSR count). The average Bonchev–Trinajstić information content (AvgIpc) is 2.35. The van der Waals surface area contributed by atoms with Crippen LogP contribution < -0.4 is 0 Å². The van der Waals surface area contributed by atoms with Gasteiger partial charge in [0.25, 0.3) is 5.69 Å². The Labute approximate surface area is 116 Å². The predicted molar refractivity (Wildman–Crippen MR) is 71.7 cm³/mol. The van der Waals surface area contributed by atoms with Crippen molar-refractivity contribution >= 4 is 11.8 Å². The highest BCUT2D eigenvalue weighted by Gasteiger charge is 2.31. The van der Waals surface area contributed by atoms with Crippen molar-refractivity contribution in [1.29, 1.82) is 0 Å². The minimum absolute atomic E-state index is 0.0384. The van der Waals surface area contributed by atoms with E-state index in [0.717, 1.165) is 5.69 Å². The van der Waals surface area contributed by atoms with Gasteiger partial charge in [0.2, 0.25) is 0 Å². The molecule has 1 N–H and O–H groups in total. The zero-order valence-electron chi connectivity index (χ0n) is 11.7. The maximum Gasteiger partial charge on any atom is 0.407 e. The Balaban J connectivity index is 2.52. The molecule has 0 aromatic carbocycles. The van der Waals surface area contributed by atoms with Crippen molar-refractivity contribution in [3.63, 3.8) is 0 Å². The molecule has 7 heteroatoms. The fraction of sp³-hybridized carbons (Fsp3) is 0.538. The van der Waals surface area contributed by atoms with Crippen molar-refractivity contribution in [3.05, 3.63) is 33.1 Å². The molecule has 0 aliphatic carbocycles.